The van der Waals surface area contributed by atoms with Gasteiger partial charge < -0.3 is 10.4 Å². The molecule has 1 aromatic rings. The first-order chi connectivity index (χ1) is 7.13. The smallest absolute Gasteiger partial charge is 0.186 e. The molecule has 0 atom stereocenters. The van der Waals surface area contributed by atoms with Gasteiger partial charge in [0, 0.05) is 7.05 Å². The van der Waals surface area contributed by atoms with Gasteiger partial charge in [-0.3, -0.25) is 5.43 Å². The molecule has 0 aliphatic heterocycles. The van der Waals surface area contributed by atoms with Crippen molar-refractivity contribution >= 4 is 23.0 Å². The van der Waals surface area contributed by atoms with Gasteiger partial charge in [-0.1, -0.05) is 0 Å². The van der Waals surface area contributed by atoms with Crippen LogP contribution in [0.5, 0.6) is 5.75 Å². The van der Waals surface area contributed by atoms with Crippen molar-refractivity contribution < 1.29 is 5.11 Å². The summed E-state index contributed by atoms with van der Waals surface area (Å²) in [6, 6.07) is 6.81. The second kappa shape index (κ2) is 5.31. The quantitative estimate of drug-likeness (QED) is 0.401. The lowest BCUT2D eigenvalue weighted by Crippen LogP contribution is -2.29. The summed E-state index contributed by atoms with van der Waals surface area (Å²) in [7, 11) is 1.72. The van der Waals surface area contributed by atoms with Crippen molar-refractivity contribution in [1.29, 1.82) is 0 Å². The summed E-state index contributed by atoms with van der Waals surface area (Å²) < 4.78 is 0. The first-order valence-electron chi connectivity index (χ1n) is 4.45. The van der Waals surface area contributed by atoms with Crippen molar-refractivity contribution in [2.45, 2.75) is 6.92 Å². The van der Waals surface area contributed by atoms with Gasteiger partial charge in [0.05, 0.1) is 5.71 Å². The van der Waals surface area contributed by atoms with Gasteiger partial charge in [-0.05, 0) is 49.0 Å². The molecule has 1 aromatic carbocycles. The molecule has 0 fully saturated rings. The molecule has 0 radical (unpaired) electrons. The lowest BCUT2D eigenvalue weighted by Gasteiger charge is -2.03. The predicted molar refractivity (Wildman–Crippen MR) is 65.1 cm³/mol. The zero-order valence-electron chi connectivity index (χ0n) is 8.61. The maximum atomic E-state index is 9.11. The minimum atomic E-state index is 0.241. The predicted octanol–water partition coefficient (Wildman–Crippen LogP) is 1.21. The number of nitrogens with zero attached hydrogens (tertiary/aromatic N) is 1. The first-order valence-corrected chi connectivity index (χ1v) is 4.85. The molecule has 0 aromatic heterocycles. The number of nitrogens with one attached hydrogen (secondary N) is 2. The van der Waals surface area contributed by atoms with Crippen molar-refractivity contribution in [3.63, 3.8) is 0 Å². The van der Waals surface area contributed by atoms with Crippen molar-refractivity contribution in [1.82, 2.24) is 10.7 Å². The van der Waals surface area contributed by atoms with E-state index in [9.17, 15) is 0 Å². The van der Waals surface area contributed by atoms with Gasteiger partial charge in [-0.15, -0.1) is 0 Å². The van der Waals surface area contributed by atoms with Crippen LogP contribution >= 0.6 is 12.2 Å². The van der Waals surface area contributed by atoms with Crippen molar-refractivity contribution in [3.05, 3.63) is 29.8 Å². The van der Waals surface area contributed by atoms with E-state index in [4.69, 9.17) is 17.3 Å². The van der Waals surface area contributed by atoms with Gasteiger partial charge in [0.1, 0.15) is 5.75 Å². The van der Waals surface area contributed by atoms with E-state index in [2.05, 4.69) is 15.8 Å². The molecule has 0 aliphatic rings. The average molecular weight is 223 g/mol. The van der Waals surface area contributed by atoms with Gasteiger partial charge in [0.2, 0.25) is 0 Å². The molecule has 0 unspecified atom stereocenters. The molecular weight excluding hydrogens is 210 g/mol. The molecule has 0 spiro atoms. The number of benzene rings is 1. The highest BCUT2D eigenvalue weighted by Crippen LogP contribution is 2.09. The summed E-state index contributed by atoms with van der Waals surface area (Å²) >= 11 is 4.88. The van der Waals surface area contributed by atoms with E-state index in [0.717, 1.165) is 11.3 Å². The largest absolute Gasteiger partial charge is 0.508 e. The molecule has 15 heavy (non-hydrogen) atoms. The van der Waals surface area contributed by atoms with E-state index in [-0.39, 0.29) is 5.75 Å². The van der Waals surface area contributed by atoms with E-state index in [0.29, 0.717) is 5.11 Å². The minimum Gasteiger partial charge on any atom is -0.508 e. The van der Waals surface area contributed by atoms with E-state index < -0.39 is 0 Å². The molecule has 3 N–H and O–H groups in total. The van der Waals surface area contributed by atoms with Crippen molar-refractivity contribution in [2.24, 2.45) is 5.10 Å². The third kappa shape index (κ3) is 3.55. The minimum absolute atomic E-state index is 0.241. The van der Waals surface area contributed by atoms with Gasteiger partial charge in [0.15, 0.2) is 5.11 Å². The summed E-state index contributed by atoms with van der Waals surface area (Å²) in [6.07, 6.45) is 0. The standard InChI is InChI=1S/C10H13N3OS/c1-7(12-13-10(15)11-2)8-3-5-9(14)6-4-8/h3-6,14H,1-2H3,(H2,11,13,15)/b12-7-. The molecular formula is C10H13N3OS. The van der Waals surface area contributed by atoms with Gasteiger partial charge in [-0.2, -0.15) is 5.10 Å². The topological polar surface area (TPSA) is 56.7 Å². The number of hydrogen-bond acceptors (Lipinski definition) is 3. The Morgan fingerprint density at radius 1 is 1.33 bits per heavy atom. The number of hydrogen-bond donors (Lipinski definition) is 3. The van der Waals surface area contributed by atoms with Crippen LogP contribution in [0.4, 0.5) is 0 Å². The van der Waals surface area contributed by atoms with Crippen LogP contribution < -0.4 is 10.7 Å². The highest BCUT2D eigenvalue weighted by atomic mass is 32.1. The van der Waals surface area contributed by atoms with Gasteiger partial charge in [-0.25, -0.2) is 0 Å². The summed E-state index contributed by atoms with van der Waals surface area (Å²) in [6.45, 7) is 1.86. The van der Waals surface area contributed by atoms with Crippen LogP contribution in [0.25, 0.3) is 0 Å². The Morgan fingerprint density at radius 3 is 2.47 bits per heavy atom. The van der Waals surface area contributed by atoms with E-state index >= 15 is 0 Å². The maximum absolute atomic E-state index is 9.11. The zero-order chi connectivity index (χ0) is 11.3. The molecule has 4 nitrogen and oxygen atoms in total. The fourth-order valence-electron chi connectivity index (χ4n) is 0.958. The zero-order valence-corrected chi connectivity index (χ0v) is 9.43. The molecule has 0 saturated heterocycles. The number of aromatic hydroxyl groups is 1. The van der Waals surface area contributed by atoms with Crippen LogP contribution in [0, 0.1) is 0 Å². The number of rotatable bonds is 2. The van der Waals surface area contributed by atoms with Gasteiger partial charge in [0.25, 0.3) is 0 Å². The number of phenols is 1. The van der Waals surface area contributed by atoms with Crippen molar-refractivity contribution in [2.75, 3.05) is 7.05 Å². The monoisotopic (exact) mass is 223 g/mol. The Morgan fingerprint density at radius 2 is 1.93 bits per heavy atom. The average Bonchev–Trinajstić information content (AvgIpc) is 2.26. The Labute approximate surface area is 94.0 Å². The second-order valence-corrected chi connectivity index (χ2v) is 3.34. The first kappa shape index (κ1) is 11.5. The van der Waals surface area contributed by atoms with Crippen LogP contribution in [-0.4, -0.2) is 23.0 Å². The van der Waals surface area contributed by atoms with Gasteiger partial charge >= 0.3 is 0 Å². The van der Waals surface area contributed by atoms with Crippen molar-refractivity contribution in [3.8, 4) is 5.75 Å². The molecule has 80 valence electrons. The fraction of sp³-hybridized carbons (Fsp3) is 0.200. The van der Waals surface area contributed by atoms with E-state index in [1.54, 1.807) is 31.3 Å². The summed E-state index contributed by atoms with van der Waals surface area (Å²) in [4.78, 5) is 0. The molecule has 0 saturated carbocycles. The maximum Gasteiger partial charge on any atom is 0.186 e. The molecule has 0 amide bonds. The Balaban J connectivity index is 2.71. The highest BCUT2D eigenvalue weighted by Gasteiger charge is 1.97. The Kier molecular flexibility index (Phi) is 4.05. The van der Waals surface area contributed by atoms with Crippen LogP contribution in [0.2, 0.25) is 0 Å². The van der Waals surface area contributed by atoms with Crippen LogP contribution in [0.1, 0.15) is 12.5 Å². The summed E-state index contributed by atoms with van der Waals surface area (Å²) in [5.41, 5.74) is 4.42. The molecule has 0 heterocycles. The van der Waals surface area contributed by atoms with Crippen LogP contribution in [0.15, 0.2) is 29.4 Å². The Hall–Kier alpha value is -1.62. The fourth-order valence-corrected chi connectivity index (χ4v) is 1.00. The number of thiocarbonyl (C=S) groups is 1. The Bertz CT molecular complexity index is 373. The van der Waals surface area contributed by atoms with E-state index in [1.165, 1.54) is 0 Å². The molecule has 0 aliphatic carbocycles. The SMILES string of the molecule is CNC(=S)N/N=C(/C)c1ccc(O)cc1. The highest BCUT2D eigenvalue weighted by molar-refractivity contribution is 7.80. The number of phenolic OH excluding ortho intramolecular Hbond substituents is 1. The molecule has 0 bridgehead atoms. The summed E-state index contributed by atoms with van der Waals surface area (Å²) in [5.74, 6) is 0.241. The summed E-state index contributed by atoms with van der Waals surface area (Å²) in [5, 5.41) is 16.4. The lowest BCUT2D eigenvalue weighted by molar-refractivity contribution is 0.475. The van der Waals surface area contributed by atoms with Crippen LogP contribution in [0.3, 0.4) is 0 Å². The third-order valence-corrected chi connectivity index (χ3v) is 2.13. The third-order valence-electron chi connectivity index (χ3n) is 1.84. The normalized spacial score (nSPS) is 10.9. The molecule has 1 rings (SSSR count). The lowest BCUT2D eigenvalue weighted by atomic mass is 10.1. The number of hydrazone groups is 1. The van der Waals surface area contributed by atoms with Crippen LogP contribution in [-0.2, 0) is 0 Å². The van der Waals surface area contributed by atoms with E-state index in [1.807, 2.05) is 6.92 Å². The second-order valence-electron chi connectivity index (χ2n) is 2.94. The molecule has 5 heteroatoms.